The summed E-state index contributed by atoms with van der Waals surface area (Å²) in [4.78, 5) is 17.5. The lowest BCUT2D eigenvalue weighted by Gasteiger charge is -2.40. The topological polar surface area (TPSA) is 45.2 Å². The molecule has 1 saturated heterocycles. The number of alkyl halides is 3. The minimum absolute atomic E-state index is 0.0364. The first-order chi connectivity index (χ1) is 9.56. The molecule has 116 valence electrons. The van der Waals surface area contributed by atoms with Crippen LogP contribution in [0.4, 0.5) is 19.0 Å². The zero-order valence-corrected chi connectivity index (χ0v) is 12.2. The van der Waals surface area contributed by atoms with Crippen molar-refractivity contribution in [2.24, 2.45) is 5.92 Å². The molecule has 0 aliphatic carbocycles. The Morgan fingerprint density at radius 1 is 1.29 bits per heavy atom. The largest absolute Gasteiger partial charge is 0.417 e. The molecule has 1 aliphatic heterocycles. The number of amides is 1. The molecule has 0 bridgehead atoms. The molecule has 1 N–H and O–H groups in total. The van der Waals surface area contributed by atoms with E-state index in [0.29, 0.717) is 18.9 Å². The molecule has 0 unspecified atom stereocenters. The van der Waals surface area contributed by atoms with Gasteiger partial charge in [0.25, 0.3) is 0 Å². The summed E-state index contributed by atoms with van der Waals surface area (Å²) in [5.74, 6) is 0.279. The molecule has 0 radical (unpaired) electrons. The van der Waals surface area contributed by atoms with Gasteiger partial charge in [-0.1, -0.05) is 0 Å². The summed E-state index contributed by atoms with van der Waals surface area (Å²) < 4.78 is 37.3. The molecule has 4 nitrogen and oxygen atoms in total. The third-order valence-electron chi connectivity index (χ3n) is 3.15. The van der Waals surface area contributed by atoms with Gasteiger partial charge in [-0.3, -0.25) is 4.79 Å². The maximum atomic E-state index is 12.4. The van der Waals surface area contributed by atoms with E-state index in [-0.39, 0.29) is 17.4 Å². The predicted octanol–water partition coefficient (Wildman–Crippen LogP) is 2.45. The van der Waals surface area contributed by atoms with Crippen LogP contribution in [0, 0.1) is 5.92 Å². The molecule has 0 spiro atoms. The molecule has 2 heterocycles. The molecule has 1 fully saturated rings. The van der Waals surface area contributed by atoms with E-state index >= 15 is 0 Å². The van der Waals surface area contributed by atoms with E-state index in [9.17, 15) is 18.0 Å². The molecule has 2 rings (SSSR count). The summed E-state index contributed by atoms with van der Waals surface area (Å²) in [5.41, 5.74) is -1.06. The standard InChI is InChI=1S/C14H18F3N3O/c1-13(2,3)19-12(21)9-7-20(8-9)11-5-4-10(6-18-11)14(15,16)17/h4-6,9H,7-8H2,1-3H3,(H,19,21). The molecule has 0 atom stereocenters. The van der Waals surface area contributed by atoms with E-state index in [0.717, 1.165) is 12.3 Å². The summed E-state index contributed by atoms with van der Waals surface area (Å²) >= 11 is 0. The Hall–Kier alpha value is -1.79. The highest BCUT2D eigenvalue weighted by Gasteiger charge is 2.36. The van der Waals surface area contributed by atoms with Crippen LogP contribution in [0.25, 0.3) is 0 Å². The number of pyridine rings is 1. The zero-order chi connectivity index (χ0) is 15.8. The number of aromatic nitrogens is 1. The second-order valence-electron chi connectivity index (χ2n) is 6.24. The molecule has 1 aliphatic rings. The van der Waals surface area contributed by atoms with Gasteiger partial charge in [-0.25, -0.2) is 4.98 Å². The Kier molecular flexibility index (Phi) is 3.86. The van der Waals surface area contributed by atoms with Crippen LogP contribution in [-0.4, -0.2) is 29.5 Å². The first-order valence-electron chi connectivity index (χ1n) is 6.66. The van der Waals surface area contributed by atoms with E-state index in [1.807, 2.05) is 20.8 Å². The lowest BCUT2D eigenvalue weighted by atomic mass is 9.97. The van der Waals surface area contributed by atoms with Gasteiger partial charge in [0.05, 0.1) is 11.5 Å². The third-order valence-corrected chi connectivity index (χ3v) is 3.15. The number of hydrogen-bond acceptors (Lipinski definition) is 3. The van der Waals surface area contributed by atoms with E-state index in [4.69, 9.17) is 0 Å². The number of anilines is 1. The maximum Gasteiger partial charge on any atom is 0.417 e. The molecule has 0 saturated carbocycles. The number of hydrogen-bond donors (Lipinski definition) is 1. The summed E-state index contributed by atoms with van der Waals surface area (Å²) in [5, 5.41) is 2.89. The molecule has 21 heavy (non-hydrogen) atoms. The van der Waals surface area contributed by atoms with Gasteiger partial charge in [0.15, 0.2) is 0 Å². The van der Waals surface area contributed by atoms with Gasteiger partial charge in [0.1, 0.15) is 5.82 Å². The van der Waals surface area contributed by atoms with Crippen molar-refractivity contribution < 1.29 is 18.0 Å². The molecular weight excluding hydrogens is 283 g/mol. The van der Waals surface area contributed by atoms with E-state index in [1.165, 1.54) is 6.07 Å². The van der Waals surface area contributed by atoms with Crippen LogP contribution in [0.5, 0.6) is 0 Å². The number of nitrogens with one attached hydrogen (secondary N) is 1. The highest BCUT2D eigenvalue weighted by molar-refractivity contribution is 5.82. The highest BCUT2D eigenvalue weighted by atomic mass is 19.4. The second kappa shape index (κ2) is 5.20. The highest BCUT2D eigenvalue weighted by Crippen LogP contribution is 2.30. The maximum absolute atomic E-state index is 12.4. The Morgan fingerprint density at radius 3 is 2.33 bits per heavy atom. The Morgan fingerprint density at radius 2 is 1.90 bits per heavy atom. The van der Waals surface area contributed by atoms with Gasteiger partial charge in [-0.05, 0) is 32.9 Å². The molecule has 1 aromatic heterocycles. The van der Waals surface area contributed by atoms with Gasteiger partial charge in [0, 0.05) is 24.8 Å². The zero-order valence-electron chi connectivity index (χ0n) is 12.2. The van der Waals surface area contributed by atoms with Crippen molar-refractivity contribution in [3.05, 3.63) is 23.9 Å². The number of carbonyl (C=O) groups is 1. The first kappa shape index (κ1) is 15.6. The van der Waals surface area contributed by atoms with E-state index in [1.54, 1.807) is 4.90 Å². The smallest absolute Gasteiger partial charge is 0.355 e. The second-order valence-corrected chi connectivity index (χ2v) is 6.24. The van der Waals surface area contributed by atoms with Crippen LogP contribution < -0.4 is 10.2 Å². The fourth-order valence-electron chi connectivity index (χ4n) is 2.04. The number of halogens is 3. The minimum atomic E-state index is -4.38. The normalized spacial score (nSPS) is 16.6. The molecule has 0 aromatic carbocycles. The average Bonchev–Trinajstić information content (AvgIpc) is 2.23. The Labute approximate surface area is 121 Å². The summed E-state index contributed by atoms with van der Waals surface area (Å²) in [6, 6.07) is 2.34. The first-order valence-corrected chi connectivity index (χ1v) is 6.66. The average molecular weight is 301 g/mol. The van der Waals surface area contributed by atoms with Crippen LogP contribution >= 0.6 is 0 Å². The van der Waals surface area contributed by atoms with Crippen LogP contribution in [0.15, 0.2) is 18.3 Å². The van der Waals surface area contributed by atoms with Gasteiger partial charge >= 0.3 is 6.18 Å². The summed E-state index contributed by atoms with van der Waals surface area (Å²) in [6.45, 7) is 6.65. The van der Waals surface area contributed by atoms with Crippen LogP contribution in [-0.2, 0) is 11.0 Å². The fraction of sp³-hybridized carbons (Fsp3) is 0.571. The Balaban J connectivity index is 1.91. The molecule has 7 heteroatoms. The van der Waals surface area contributed by atoms with Crippen molar-refractivity contribution in [3.8, 4) is 0 Å². The lowest BCUT2D eigenvalue weighted by molar-refractivity contribution is -0.137. The van der Waals surface area contributed by atoms with E-state index < -0.39 is 11.7 Å². The molecular formula is C14H18F3N3O. The summed E-state index contributed by atoms with van der Waals surface area (Å²) in [7, 11) is 0. The van der Waals surface area contributed by atoms with Crippen LogP contribution in [0.1, 0.15) is 26.3 Å². The minimum Gasteiger partial charge on any atom is -0.355 e. The SMILES string of the molecule is CC(C)(C)NC(=O)C1CN(c2ccc(C(F)(F)F)cn2)C1. The van der Waals surface area contributed by atoms with Crippen molar-refractivity contribution in [3.63, 3.8) is 0 Å². The lowest BCUT2D eigenvalue weighted by Crippen LogP contribution is -2.56. The molecule has 1 aromatic rings. The van der Waals surface area contributed by atoms with Gasteiger partial charge in [-0.2, -0.15) is 13.2 Å². The van der Waals surface area contributed by atoms with Gasteiger partial charge in [-0.15, -0.1) is 0 Å². The van der Waals surface area contributed by atoms with Crippen molar-refractivity contribution in [2.75, 3.05) is 18.0 Å². The molecule has 1 amide bonds. The van der Waals surface area contributed by atoms with Crippen LogP contribution in [0.2, 0.25) is 0 Å². The number of nitrogens with zero attached hydrogens (tertiary/aromatic N) is 2. The van der Waals surface area contributed by atoms with Gasteiger partial charge in [0.2, 0.25) is 5.91 Å². The Bertz CT molecular complexity index is 514. The quantitative estimate of drug-likeness (QED) is 0.912. The van der Waals surface area contributed by atoms with Crippen LogP contribution in [0.3, 0.4) is 0 Å². The third kappa shape index (κ3) is 3.86. The van der Waals surface area contributed by atoms with Crippen molar-refractivity contribution in [2.45, 2.75) is 32.5 Å². The number of rotatable bonds is 2. The van der Waals surface area contributed by atoms with E-state index in [2.05, 4.69) is 10.3 Å². The summed E-state index contributed by atoms with van der Waals surface area (Å²) in [6.07, 6.45) is -3.56. The van der Waals surface area contributed by atoms with Crippen molar-refractivity contribution in [1.29, 1.82) is 0 Å². The number of carbonyl (C=O) groups excluding carboxylic acids is 1. The van der Waals surface area contributed by atoms with Crippen molar-refractivity contribution >= 4 is 11.7 Å². The van der Waals surface area contributed by atoms with Crippen molar-refractivity contribution in [1.82, 2.24) is 10.3 Å². The fourth-order valence-corrected chi connectivity index (χ4v) is 2.04. The monoisotopic (exact) mass is 301 g/mol. The van der Waals surface area contributed by atoms with Gasteiger partial charge < -0.3 is 10.2 Å². The predicted molar refractivity (Wildman–Crippen MR) is 72.8 cm³/mol.